The Labute approximate surface area is 143 Å². The van der Waals surface area contributed by atoms with Gasteiger partial charge in [-0.3, -0.25) is 4.79 Å². The number of nitrogens with zero attached hydrogens (tertiary/aromatic N) is 1. The molecule has 0 saturated heterocycles. The molecule has 126 valence electrons. The second-order valence-corrected chi connectivity index (χ2v) is 5.90. The lowest BCUT2D eigenvalue weighted by molar-refractivity contribution is 0.0955. The van der Waals surface area contributed by atoms with Crippen molar-refractivity contribution in [2.45, 2.75) is 26.3 Å². The number of rotatable bonds is 6. The fourth-order valence-corrected chi connectivity index (χ4v) is 3.24. The minimum Gasteiger partial charge on any atom is -0.490 e. The number of likely N-dealkylation sites (N-methyl/N-ethyl adjacent to an activating group) is 1. The number of anilines is 2. The van der Waals surface area contributed by atoms with Gasteiger partial charge in [-0.2, -0.15) is 0 Å². The van der Waals surface area contributed by atoms with E-state index < -0.39 is 0 Å². The lowest BCUT2D eigenvalue weighted by Crippen LogP contribution is -2.41. The zero-order valence-electron chi connectivity index (χ0n) is 14.3. The number of Topliss-reactive ketones (excluding diaryl/α,β-unsaturated/α-hetero) is 1. The zero-order chi connectivity index (χ0) is 16.9. The number of fused-ring (bicyclic) bond motifs is 1. The second-order valence-electron chi connectivity index (χ2n) is 5.90. The molecule has 1 aliphatic heterocycles. The van der Waals surface area contributed by atoms with Crippen molar-refractivity contribution in [3.63, 3.8) is 0 Å². The lowest BCUT2D eigenvalue weighted by Gasteiger charge is -2.31. The number of benzene rings is 2. The van der Waals surface area contributed by atoms with Gasteiger partial charge in [-0.05, 0) is 43.7 Å². The summed E-state index contributed by atoms with van der Waals surface area (Å²) in [6.45, 7) is 6.38. The maximum Gasteiger partial charge on any atom is 0.185 e. The molecule has 0 aromatic heterocycles. The van der Waals surface area contributed by atoms with Gasteiger partial charge in [0.05, 0.1) is 11.7 Å². The average Bonchev–Trinajstić information content (AvgIpc) is 2.65. The van der Waals surface area contributed by atoms with E-state index in [-0.39, 0.29) is 11.8 Å². The fraction of sp³-hybridized carbons (Fsp3) is 0.350. The molecular formula is C20H24N2O2. The molecule has 0 spiro atoms. The summed E-state index contributed by atoms with van der Waals surface area (Å²) < 4.78 is 5.60. The second kappa shape index (κ2) is 7.39. The van der Waals surface area contributed by atoms with E-state index in [1.807, 2.05) is 36.4 Å². The van der Waals surface area contributed by atoms with Gasteiger partial charge >= 0.3 is 0 Å². The molecule has 2 aromatic rings. The molecule has 4 nitrogen and oxygen atoms in total. The third-order valence-corrected chi connectivity index (χ3v) is 4.43. The first kappa shape index (κ1) is 16.4. The summed E-state index contributed by atoms with van der Waals surface area (Å²) in [5, 5.41) is 3.30. The van der Waals surface area contributed by atoms with Crippen LogP contribution in [0.5, 0.6) is 5.75 Å². The Hall–Kier alpha value is -2.49. The molecular weight excluding hydrogens is 300 g/mol. The van der Waals surface area contributed by atoms with Gasteiger partial charge < -0.3 is 15.0 Å². The molecule has 1 heterocycles. The molecule has 3 rings (SSSR count). The summed E-state index contributed by atoms with van der Waals surface area (Å²) in [5.41, 5.74) is 2.72. The molecule has 0 amide bonds. The number of ketones is 1. The molecule has 1 aliphatic rings. The van der Waals surface area contributed by atoms with Crippen molar-refractivity contribution in [2.24, 2.45) is 0 Å². The van der Waals surface area contributed by atoms with Gasteiger partial charge in [0.25, 0.3) is 0 Å². The number of carbonyl (C=O) groups is 1. The van der Waals surface area contributed by atoms with Crippen LogP contribution in [0.1, 0.15) is 30.6 Å². The summed E-state index contributed by atoms with van der Waals surface area (Å²) in [4.78, 5) is 15.3. The van der Waals surface area contributed by atoms with Crippen LogP contribution in [0.15, 0.2) is 48.5 Å². The van der Waals surface area contributed by atoms with Crippen molar-refractivity contribution in [3.05, 3.63) is 54.1 Å². The highest BCUT2D eigenvalue weighted by Crippen LogP contribution is 2.29. The van der Waals surface area contributed by atoms with Crippen LogP contribution in [-0.2, 0) is 0 Å². The topological polar surface area (TPSA) is 41.6 Å². The van der Waals surface area contributed by atoms with Crippen LogP contribution in [0.25, 0.3) is 0 Å². The number of nitrogens with one attached hydrogen (secondary N) is 1. The van der Waals surface area contributed by atoms with Crippen LogP contribution >= 0.6 is 0 Å². The minimum atomic E-state index is -0.167. The Bertz CT molecular complexity index is 700. The van der Waals surface area contributed by atoms with Gasteiger partial charge in [-0.25, -0.2) is 0 Å². The van der Waals surface area contributed by atoms with E-state index in [0.717, 1.165) is 42.2 Å². The van der Waals surface area contributed by atoms with Gasteiger partial charge in [-0.15, -0.1) is 0 Å². The normalized spacial score (nSPS) is 14.1. The van der Waals surface area contributed by atoms with Crippen LogP contribution in [0.2, 0.25) is 0 Å². The number of hydrogen-bond donors (Lipinski definition) is 1. The van der Waals surface area contributed by atoms with E-state index >= 15 is 0 Å². The van der Waals surface area contributed by atoms with E-state index in [1.54, 1.807) is 0 Å². The van der Waals surface area contributed by atoms with Crippen LogP contribution in [0.3, 0.4) is 0 Å². The third-order valence-electron chi connectivity index (χ3n) is 4.43. The first-order valence-corrected chi connectivity index (χ1v) is 8.61. The Morgan fingerprint density at radius 2 is 2.00 bits per heavy atom. The molecule has 24 heavy (non-hydrogen) atoms. The molecule has 1 N–H and O–H groups in total. The molecule has 0 saturated carbocycles. The Morgan fingerprint density at radius 3 is 2.71 bits per heavy atom. The van der Waals surface area contributed by atoms with Crippen molar-refractivity contribution >= 4 is 17.2 Å². The molecule has 1 unspecified atom stereocenters. The fourth-order valence-electron chi connectivity index (χ4n) is 3.24. The highest BCUT2D eigenvalue weighted by Gasteiger charge is 2.25. The molecule has 0 bridgehead atoms. The quantitative estimate of drug-likeness (QED) is 0.816. The van der Waals surface area contributed by atoms with Gasteiger partial charge in [0.1, 0.15) is 12.4 Å². The summed E-state index contributed by atoms with van der Waals surface area (Å²) in [7, 11) is 0. The average molecular weight is 324 g/mol. The molecule has 0 aliphatic carbocycles. The standard InChI is InChI=1S/C20H24N2O2/c1-3-18(22(4-2)16-8-6-5-7-9-16)20(23)15-10-11-19-17(14-15)21-12-13-24-19/h5-11,14,18,21H,3-4,12-13H2,1-2H3. The summed E-state index contributed by atoms with van der Waals surface area (Å²) in [5.74, 6) is 0.972. The van der Waals surface area contributed by atoms with Gasteiger partial charge in [0.2, 0.25) is 0 Å². The monoisotopic (exact) mass is 324 g/mol. The molecule has 4 heteroatoms. The SMILES string of the molecule is CCC(C(=O)c1ccc2c(c1)NCCO2)N(CC)c1ccccc1. The maximum absolute atomic E-state index is 13.1. The number of hydrogen-bond acceptors (Lipinski definition) is 4. The molecule has 1 atom stereocenters. The predicted molar refractivity (Wildman–Crippen MR) is 98.3 cm³/mol. The van der Waals surface area contributed by atoms with Crippen molar-refractivity contribution in [1.82, 2.24) is 0 Å². The van der Waals surface area contributed by atoms with Crippen LogP contribution in [0.4, 0.5) is 11.4 Å². The van der Waals surface area contributed by atoms with E-state index in [2.05, 4.69) is 36.2 Å². The minimum absolute atomic E-state index is 0.151. The largest absolute Gasteiger partial charge is 0.490 e. The Kier molecular flexibility index (Phi) is 5.04. The van der Waals surface area contributed by atoms with E-state index in [4.69, 9.17) is 4.74 Å². The van der Waals surface area contributed by atoms with Crippen molar-refractivity contribution in [2.75, 3.05) is 29.9 Å². The van der Waals surface area contributed by atoms with Crippen molar-refractivity contribution < 1.29 is 9.53 Å². The predicted octanol–water partition coefficient (Wildman–Crippen LogP) is 3.98. The number of carbonyl (C=O) groups excluding carboxylic acids is 1. The van der Waals surface area contributed by atoms with Gasteiger partial charge in [0.15, 0.2) is 5.78 Å². The number of ether oxygens (including phenoxy) is 1. The van der Waals surface area contributed by atoms with Crippen molar-refractivity contribution in [1.29, 1.82) is 0 Å². The van der Waals surface area contributed by atoms with E-state index in [1.165, 1.54) is 0 Å². The van der Waals surface area contributed by atoms with Crippen LogP contribution in [-0.4, -0.2) is 31.5 Å². The van der Waals surface area contributed by atoms with Gasteiger partial charge in [0, 0.05) is 24.3 Å². The van der Waals surface area contributed by atoms with Crippen molar-refractivity contribution in [3.8, 4) is 5.75 Å². The van der Waals surface area contributed by atoms with Gasteiger partial charge in [-0.1, -0.05) is 25.1 Å². The highest BCUT2D eigenvalue weighted by molar-refractivity contribution is 6.03. The maximum atomic E-state index is 13.1. The summed E-state index contributed by atoms with van der Waals surface area (Å²) in [6.07, 6.45) is 0.766. The Morgan fingerprint density at radius 1 is 1.21 bits per heavy atom. The summed E-state index contributed by atoms with van der Waals surface area (Å²) in [6, 6.07) is 15.6. The van der Waals surface area contributed by atoms with Crippen LogP contribution in [0, 0.1) is 0 Å². The third kappa shape index (κ3) is 3.23. The smallest absolute Gasteiger partial charge is 0.185 e. The molecule has 0 fully saturated rings. The lowest BCUT2D eigenvalue weighted by atomic mass is 9.99. The Balaban J connectivity index is 1.88. The molecule has 2 aromatic carbocycles. The first-order chi connectivity index (χ1) is 11.7. The van der Waals surface area contributed by atoms with E-state index in [0.29, 0.717) is 6.61 Å². The van der Waals surface area contributed by atoms with Crippen LogP contribution < -0.4 is 15.0 Å². The summed E-state index contributed by atoms with van der Waals surface area (Å²) >= 11 is 0. The first-order valence-electron chi connectivity index (χ1n) is 8.61. The highest BCUT2D eigenvalue weighted by atomic mass is 16.5. The number of para-hydroxylation sites is 1. The van der Waals surface area contributed by atoms with E-state index in [9.17, 15) is 4.79 Å². The zero-order valence-corrected chi connectivity index (χ0v) is 14.3. The molecule has 0 radical (unpaired) electrons.